The SMILES string of the molecule is C=C(O)c1sc(-c2cn(CCC3CC3)nn2)nc1C. The maximum atomic E-state index is 9.46. The Kier molecular flexibility index (Phi) is 3.10. The van der Waals surface area contributed by atoms with Crippen LogP contribution >= 0.6 is 11.3 Å². The summed E-state index contributed by atoms with van der Waals surface area (Å²) in [5, 5.41) is 18.5. The van der Waals surface area contributed by atoms with Crippen molar-refractivity contribution in [1.29, 1.82) is 0 Å². The van der Waals surface area contributed by atoms with Gasteiger partial charge in [0.05, 0.1) is 16.8 Å². The Bertz CT molecular complexity index is 612. The second-order valence-corrected chi connectivity index (χ2v) is 5.98. The number of nitrogens with zero attached hydrogens (tertiary/aromatic N) is 4. The average Bonchev–Trinajstić information content (AvgIpc) is 2.93. The predicted molar refractivity (Wildman–Crippen MR) is 74.9 cm³/mol. The van der Waals surface area contributed by atoms with E-state index in [0.717, 1.165) is 28.9 Å². The van der Waals surface area contributed by atoms with Gasteiger partial charge in [-0.25, -0.2) is 4.98 Å². The highest BCUT2D eigenvalue weighted by Crippen LogP contribution is 2.33. The summed E-state index contributed by atoms with van der Waals surface area (Å²) in [6, 6.07) is 0. The van der Waals surface area contributed by atoms with Crippen molar-refractivity contribution in [3.8, 4) is 10.7 Å². The van der Waals surface area contributed by atoms with Crippen LogP contribution in [0.25, 0.3) is 16.5 Å². The van der Waals surface area contributed by atoms with Gasteiger partial charge in [-0.05, 0) is 19.3 Å². The Balaban J connectivity index is 1.77. The van der Waals surface area contributed by atoms with Gasteiger partial charge in [0, 0.05) is 6.54 Å². The minimum atomic E-state index is 0.0578. The van der Waals surface area contributed by atoms with Gasteiger partial charge in [0.25, 0.3) is 0 Å². The van der Waals surface area contributed by atoms with Crippen molar-refractivity contribution < 1.29 is 5.11 Å². The van der Waals surface area contributed by atoms with E-state index in [4.69, 9.17) is 0 Å². The molecule has 1 N–H and O–H groups in total. The molecule has 0 bridgehead atoms. The first-order chi connectivity index (χ1) is 9.13. The van der Waals surface area contributed by atoms with Crippen molar-refractivity contribution in [1.82, 2.24) is 20.0 Å². The van der Waals surface area contributed by atoms with E-state index >= 15 is 0 Å². The fourth-order valence-corrected chi connectivity index (χ4v) is 2.89. The molecule has 0 aliphatic heterocycles. The molecule has 0 saturated heterocycles. The van der Waals surface area contributed by atoms with Crippen molar-refractivity contribution in [3.05, 3.63) is 23.3 Å². The van der Waals surface area contributed by atoms with Crippen LogP contribution in [0.2, 0.25) is 0 Å². The van der Waals surface area contributed by atoms with Crippen LogP contribution in [0.1, 0.15) is 29.8 Å². The summed E-state index contributed by atoms with van der Waals surface area (Å²) in [6.45, 7) is 6.31. The highest BCUT2D eigenvalue weighted by molar-refractivity contribution is 7.16. The van der Waals surface area contributed by atoms with E-state index in [-0.39, 0.29) is 5.76 Å². The molecule has 2 aromatic heterocycles. The van der Waals surface area contributed by atoms with E-state index in [9.17, 15) is 5.11 Å². The largest absolute Gasteiger partial charge is 0.507 e. The lowest BCUT2D eigenvalue weighted by atomic mass is 10.3. The standard InChI is InChI=1S/C13H16N4OS/c1-8-12(9(2)18)19-13(14-8)11-7-17(16-15-11)6-5-10-3-4-10/h7,10,18H,2-6H2,1H3. The zero-order valence-corrected chi connectivity index (χ0v) is 11.7. The molecule has 19 heavy (non-hydrogen) atoms. The lowest BCUT2D eigenvalue weighted by Gasteiger charge is -1.96. The molecule has 2 heterocycles. The Morgan fingerprint density at radius 2 is 2.37 bits per heavy atom. The van der Waals surface area contributed by atoms with Crippen LogP contribution in [-0.2, 0) is 6.54 Å². The fourth-order valence-electron chi connectivity index (χ4n) is 2.00. The second-order valence-electron chi connectivity index (χ2n) is 4.98. The highest BCUT2D eigenvalue weighted by Gasteiger charge is 2.21. The molecular weight excluding hydrogens is 260 g/mol. The van der Waals surface area contributed by atoms with E-state index in [0.29, 0.717) is 4.88 Å². The molecule has 1 aliphatic rings. The molecule has 1 saturated carbocycles. The Labute approximate surface area is 115 Å². The Hall–Kier alpha value is -1.69. The zero-order chi connectivity index (χ0) is 13.4. The van der Waals surface area contributed by atoms with E-state index in [1.807, 2.05) is 17.8 Å². The number of aliphatic hydroxyl groups excluding tert-OH is 1. The van der Waals surface area contributed by atoms with Crippen LogP contribution in [0.5, 0.6) is 0 Å². The van der Waals surface area contributed by atoms with Crippen LogP contribution < -0.4 is 0 Å². The quantitative estimate of drug-likeness (QED) is 0.852. The third-order valence-corrected chi connectivity index (χ3v) is 4.51. The van der Waals surface area contributed by atoms with Gasteiger partial charge in [-0.1, -0.05) is 24.6 Å². The first kappa shape index (κ1) is 12.3. The molecule has 2 aromatic rings. The number of aryl methyl sites for hydroxylation is 2. The van der Waals surface area contributed by atoms with Gasteiger partial charge in [0.15, 0.2) is 0 Å². The minimum Gasteiger partial charge on any atom is -0.507 e. The van der Waals surface area contributed by atoms with Gasteiger partial charge in [-0.3, -0.25) is 4.68 Å². The summed E-state index contributed by atoms with van der Waals surface area (Å²) in [5.41, 5.74) is 1.54. The number of thiazole rings is 1. The van der Waals surface area contributed by atoms with E-state index in [1.165, 1.54) is 30.6 Å². The lowest BCUT2D eigenvalue weighted by Crippen LogP contribution is -1.99. The first-order valence-corrected chi connectivity index (χ1v) is 7.21. The third kappa shape index (κ3) is 2.68. The van der Waals surface area contributed by atoms with Gasteiger partial charge in [-0.15, -0.1) is 16.4 Å². The van der Waals surface area contributed by atoms with Crippen LogP contribution in [0, 0.1) is 12.8 Å². The van der Waals surface area contributed by atoms with Gasteiger partial charge in [-0.2, -0.15) is 0 Å². The molecule has 0 unspecified atom stereocenters. The molecule has 100 valence electrons. The maximum Gasteiger partial charge on any atom is 0.146 e. The molecular formula is C13H16N4OS. The zero-order valence-electron chi connectivity index (χ0n) is 10.8. The van der Waals surface area contributed by atoms with Gasteiger partial charge < -0.3 is 5.11 Å². The predicted octanol–water partition coefficient (Wildman–Crippen LogP) is 3.04. The van der Waals surface area contributed by atoms with Gasteiger partial charge in [0.2, 0.25) is 0 Å². The molecule has 0 amide bonds. The van der Waals surface area contributed by atoms with Crippen molar-refractivity contribution in [2.45, 2.75) is 32.7 Å². The number of hydrogen-bond acceptors (Lipinski definition) is 5. The Morgan fingerprint density at radius 1 is 1.58 bits per heavy atom. The highest BCUT2D eigenvalue weighted by atomic mass is 32.1. The Morgan fingerprint density at radius 3 is 3.00 bits per heavy atom. The third-order valence-electron chi connectivity index (χ3n) is 3.28. The topological polar surface area (TPSA) is 63.8 Å². The fraction of sp³-hybridized carbons (Fsp3) is 0.462. The number of aliphatic hydroxyl groups is 1. The second kappa shape index (κ2) is 4.77. The van der Waals surface area contributed by atoms with Crippen molar-refractivity contribution in [2.24, 2.45) is 5.92 Å². The molecule has 0 atom stereocenters. The summed E-state index contributed by atoms with van der Waals surface area (Å²) >= 11 is 1.39. The summed E-state index contributed by atoms with van der Waals surface area (Å²) in [7, 11) is 0. The van der Waals surface area contributed by atoms with E-state index in [1.54, 1.807) is 0 Å². The molecule has 0 aromatic carbocycles. The molecule has 0 radical (unpaired) electrons. The smallest absolute Gasteiger partial charge is 0.146 e. The van der Waals surface area contributed by atoms with E-state index in [2.05, 4.69) is 21.9 Å². The van der Waals surface area contributed by atoms with E-state index < -0.39 is 0 Å². The summed E-state index contributed by atoms with van der Waals surface area (Å²) in [4.78, 5) is 5.12. The van der Waals surface area contributed by atoms with Crippen LogP contribution in [0.15, 0.2) is 12.8 Å². The van der Waals surface area contributed by atoms with Crippen LogP contribution in [0.4, 0.5) is 0 Å². The summed E-state index contributed by atoms with van der Waals surface area (Å²) in [5.74, 6) is 0.946. The lowest BCUT2D eigenvalue weighted by molar-refractivity contribution is 0.515. The minimum absolute atomic E-state index is 0.0578. The number of aromatic nitrogens is 4. The van der Waals surface area contributed by atoms with Gasteiger partial charge in [0.1, 0.15) is 16.5 Å². The average molecular weight is 276 g/mol. The van der Waals surface area contributed by atoms with Crippen LogP contribution in [-0.4, -0.2) is 25.1 Å². The first-order valence-electron chi connectivity index (χ1n) is 6.39. The number of rotatable bonds is 5. The maximum absolute atomic E-state index is 9.46. The number of hydrogen-bond donors (Lipinski definition) is 1. The summed E-state index contributed by atoms with van der Waals surface area (Å²) in [6.07, 6.45) is 5.81. The van der Waals surface area contributed by atoms with Gasteiger partial charge >= 0.3 is 0 Å². The molecule has 1 aliphatic carbocycles. The van der Waals surface area contributed by atoms with Crippen molar-refractivity contribution in [3.63, 3.8) is 0 Å². The van der Waals surface area contributed by atoms with Crippen LogP contribution in [0.3, 0.4) is 0 Å². The monoisotopic (exact) mass is 276 g/mol. The molecule has 5 nitrogen and oxygen atoms in total. The molecule has 0 spiro atoms. The van der Waals surface area contributed by atoms with Crippen molar-refractivity contribution in [2.75, 3.05) is 0 Å². The molecule has 3 rings (SSSR count). The molecule has 1 fully saturated rings. The molecule has 6 heteroatoms. The van der Waals surface area contributed by atoms with Crippen molar-refractivity contribution >= 4 is 17.1 Å². The normalized spacial score (nSPS) is 14.8. The summed E-state index contributed by atoms with van der Waals surface area (Å²) < 4.78 is 1.87.